The third kappa shape index (κ3) is 4.61. The number of nitrogens with zero attached hydrogens (tertiary/aromatic N) is 5. The highest BCUT2D eigenvalue weighted by Gasteiger charge is 2.19. The molecule has 0 radical (unpaired) electrons. The van der Waals surface area contributed by atoms with E-state index in [9.17, 15) is 4.79 Å². The van der Waals surface area contributed by atoms with E-state index in [1.807, 2.05) is 67.7 Å². The van der Waals surface area contributed by atoms with E-state index < -0.39 is 0 Å². The van der Waals surface area contributed by atoms with Gasteiger partial charge in [-0.25, -0.2) is 4.68 Å². The molecule has 1 atom stereocenters. The van der Waals surface area contributed by atoms with Crippen molar-refractivity contribution >= 4 is 40.4 Å². The molecule has 0 saturated heterocycles. The van der Waals surface area contributed by atoms with Crippen LogP contribution in [0.5, 0.6) is 0 Å². The van der Waals surface area contributed by atoms with E-state index >= 15 is 0 Å². The molecule has 1 amide bonds. The molecule has 0 aliphatic heterocycles. The monoisotopic (exact) mass is 388 g/mol. The molecular weight excluding hydrogens is 368 g/mol. The maximum Gasteiger partial charge on any atom is 0.237 e. The third-order valence-electron chi connectivity index (χ3n) is 3.69. The van der Waals surface area contributed by atoms with Crippen molar-refractivity contribution in [3.05, 3.63) is 46.7 Å². The van der Waals surface area contributed by atoms with Gasteiger partial charge in [0.2, 0.25) is 11.1 Å². The van der Waals surface area contributed by atoms with Crippen molar-refractivity contribution in [2.75, 3.05) is 24.3 Å². The maximum atomic E-state index is 12.5. The Morgan fingerprint density at radius 3 is 2.73 bits per heavy atom. The summed E-state index contributed by atoms with van der Waals surface area (Å²) in [6.45, 7) is 2.45. The highest BCUT2D eigenvalue weighted by atomic mass is 32.2. The summed E-state index contributed by atoms with van der Waals surface area (Å²) >= 11 is 3.00. The number of thioether (sulfide) groups is 1. The number of anilines is 2. The summed E-state index contributed by atoms with van der Waals surface area (Å²) in [5, 5.41) is 17.1. The van der Waals surface area contributed by atoms with Crippen molar-refractivity contribution in [1.82, 2.24) is 20.2 Å². The molecule has 2 aromatic heterocycles. The molecule has 9 heteroatoms. The molecule has 26 heavy (non-hydrogen) atoms. The second kappa shape index (κ2) is 8.33. The lowest BCUT2D eigenvalue weighted by atomic mass is 10.2. The molecule has 3 rings (SSSR count). The van der Waals surface area contributed by atoms with Gasteiger partial charge >= 0.3 is 0 Å². The van der Waals surface area contributed by atoms with Crippen LogP contribution in [0, 0.1) is 0 Å². The van der Waals surface area contributed by atoms with Gasteiger partial charge in [-0.1, -0.05) is 17.8 Å². The van der Waals surface area contributed by atoms with Crippen LogP contribution in [-0.2, 0) is 11.3 Å². The van der Waals surface area contributed by atoms with Crippen LogP contribution in [0.4, 0.5) is 11.4 Å². The summed E-state index contributed by atoms with van der Waals surface area (Å²) in [6.07, 6.45) is 0. The van der Waals surface area contributed by atoms with E-state index in [4.69, 9.17) is 0 Å². The quantitative estimate of drug-likeness (QED) is 0.627. The maximum absolute atomic E-state index is 12.5. The molecule has 0 spiro atoms. The van der Waals surface area contributed by atoms with Crippen LogP contribution in [0.25, 0.3) is 0 Å². The van der Waals surface area contributed by atoms with Crippen LogP contribution in [0.3, 0.4) is 0 Å². The van der Waals surface area contributed by atoms with Gasteiger partial charge in [0.25, 0.3) is 0 Å². The molecule has 2 heterocycles. The van der Waals surface area contributed by atoms with Crippen molar-refractivity contribution in [3.8, 4) is 0 Å². The van der Waals surface area contributed by atoms with Crippen molar-refractivity contribution in [2.45, 2.75) is 23.9 Å². The number of aromatic nitrogens is 4. The minimum absolute atomic E-state index is 0.0849. The van der Waals surface area contributed by atoms with Gasteiger partial charge in [-0.15, -0.1) is 16.4 Å². The first-order valence-electron chi connectivity index (χ1n) is 8.06. The SMILES string of the molecule is CC(Sc1nnnn1Cc1cccs1)C(=O)Nc1ccc(N(C)C)cc1. The zero-order valence-corrected chi connectivity index (χ0v) is 16.4. The Morgan fingerprint density at radius 2 is 2.08 bits per heavy atom. The molecule has 0 saturated carbocycles. The molecule has 3 aromatic rings. The number of hydrogen-bond donors (Lipinski definition) is 1. The molecule has 1 aromatic carbocycles. The first-order chi connectivity index (χ1) is 12.5. The largest absolute Gasteiger partial charge is 0.378 e. The number of benzene rings is 1. The molecule has 0 aliphatic carbocycles. The highest BCUT2D eigenvalue weighted by Crippen LogP contribution is 2.23. The van der Waals surface area contributed by atoms with Crippen LogP contribution < -0.4 is 10.2 Å². The minimum atomic E-state index is -0.323. The smallest absolute Gasteiger partial charge is 0.237 e. The first-order valence-corrected chi connectivity index (χ1v) is 9.82. The molecule has 0 bridgehead atoms. The van der Waals surface area contributed by atoms with Gasteiger partial charge in [-0.2, -0.15) is 0 Å². The molecular formula is C17H20N6OS2. The fourth-order valence-corrected chi connectivity index (χ4v) is 3.70. The number of carbonyl (C=O) groups excluding carboxylic acids is 1. The Hall–Kier alpha value is -2.39. The van der Waals surface area contributed by atoms with Gasteiger partial charge in [-0.3, -0.25) is 4.79 Å². The predicted molar refractivity (Wildman–Crippen MR) is 106 cm³/mol. The van der Waals surface area contributed by atoms with Crippen molar-refractivity contribution < 1.29 is 4.79 Å². The van der Waals surface area contributed by atoms with E-state index in [1.165, 1.54) is 11.8 Å². The number of thiophene rings is 1. The predicted octanol–water partition coefficient (Wildman–Crippen LogP) is 2.97. The Labute approximate surface area is 160 Å². The Morgan fingerprint density at radius 1 is 1.31 bits per heavy atom. The fourth-order valence-electron chi connectivity index (χ4n) is 2.23. The second-order valence-electron chi connectivity index (χ2n) is 5.89. The topological polar surface area (TPSA) is 75.9 Å². The lowest BCUT2D eigenvalue weighted by molar-refractivity contribution is -0.115. The summed E-state index contributed by atoms with van der Waals surface area (Å²) in [5.41, 5.74) is 1.85. The Kier molecular flexibility index (Phi) is 5.89. The number of rotatable bonds is 7. The average Bonchev–Trinajstić information content (AvgIpc) is 3.28. The lowest BCUT2D eigenvalue weighted by Crippen LogP contribution is -2.23. The van der Waals surface area contributed by atoms with Crippen LogP contribution >= 0.6 is 23.1 Å². The van der Waals surface area contributed by atoms with Crippen molar-refractivity contribution in [2.24, 2.45) is 0 Å². The standard InChI is InChI=1S/C17H20N6OS2/c1-12(16(24)18-13-6-8-14(9-7-13)22(2)3)26-17-19-20-21-23(17)11-15-5-4-10-25-15/h4-10,12H,11H2,1-3H3,(H,18,24). The van der Waals surface area contributed by atoms with E-state index in [2.05, 4.69) is 20.8 Å². The molecule has 1 unspecified atom stereocenters. The summed E-state index contributed by atoms with van der Waals surface area (Å²) in [5.74, 6) is -0.0849. The molecule has 7 nitrogen and oxygen atoms in total. The summed E-state index contributed by atoms with van der Waals surface area (Å²) in [7, 11) is 3.96. The first kappa shape index (κ1) is 18.4. The summed E-state index contributed by atoms with van der Waals surface area (Å²) < 4.78 is 1.71. The summed E-state index contributed by atoms with van der Waals surface area (Å²) in [4.78, 5) is 15.6. The van der Waals surface area contributed by atoms with E-state index in [0.29, 0.717) is 11.7 Å². The van der Waals surface area contributed by atoms with Gasteiger partial charge < -0.3 is 10.2 Å². The van der Waals surface area contributed by atoms with Crippen LogP contribution in [0.2, 0.25) is 0 Å². The number of tetrazole rings is 1. The lowest BCUT2D eigenvalue weighted by Gasteiger charge is -2.14. The second-order valence-corrected chi connectivity index (χ2v) is 8.23. The minimum Gasteiger partial charge on any atom is -0.378 e. The van der Waals surface area contributed by atoms with Crippen molar-refractivity contribution in [1.29, 1.82) is 0 Å². The molecule has 0 fully saturated rings. The Balaban J connectivity index is 1.60. The normalized spacial score (nSPS) is 12.0. The van der Waals surface area contributed by atoms with Crippen LogP contribution in [0.1, 0.15) is 11.8 Å². The van der Waals surface area contributed by atoms with Gasteiger partial charge in [0.1, 0.15) is 0 Å². The van der Waals surface area contributed by atoms with Gasteiger partial charge in [0.05, 0.1) is 11.8 Å². The number of hydrogen-bond acceptors (Lipinski definition) is 7. The zero-order valence-electron chi connectivity index (χ0n) is 14.8. The fraction of sp³-hybridized carbons (Fsp3) is 0.294. The highest BCUT2D eigenvalue weighted by molar-refractivity contribution is 8.00. The molecule has 136 valence electrons. The van der Waals surface area contributed by atoms with Gasteiger partial charge in [0, 0.05) is 30.3 Å². The number of amides is 1. The van der Waals surface area contributed by atoms with Gasteiger partial charge in [0.15, 0.2) is 0 Å². The van der Waals surface area contributed by atoms with E-state index in [1.54, 1.807) is 16.0 Å². The Bertz CT molecular complexity index is 845. The molecule has 0 aliphatic rings. The molecule has 1 N–H and O–H groups in total. The van der Waals surface area contributed by atoms with Crippen molar-refractivity contribution in [3.63, 3.8) is 0 Å². The van der Waals surface area contributed by atoms with E-state index in [-0.39, 0.29) is 11.2 Å². The van der Waals surface area contributed by atoms with Gasteiger partial charge in [-0.05, 0) is 53.1 Å². The number of carbonyl (C=O) groups is 1. The average molecular weight is 389 g/mol. The number of nitrogens with one attached hydrogen (secondary N) is 1. The van der Waals surface area contributed by atoms with Crippen LogP contribution in [0.15, 0.2) is 46.9 Å². The van der Waals surface area contributed by atoms with E-state index in [0.717, 1.165) is 16.3 Å². The zero-order chi connectivity index (χ0) is 18.5. The third-order valence-corrected chi connectivity index (χ3v) is 5.62. The van der Waals surface area contributed by atoms with Crippen LogP contribution in [-0.4, -0.2) is 45.5 Å². The summed E-state index contributed by atoms with van der Waals surface area (Å²) in [6, 6.07) is 11.8.